The summed E-state index contributed by atoms with van der Waals surface area (Å²) < 4.78 is 22.4. The SMILES string of the molecule is O=C(O[C@@H]1[C@@H](O)[C@H](O)[C@@H](C(=O)O)O[C@H]1O)c1cccc(F)c1. The maximum absolute atomic E-state index is 13.0. The van der Waals surface area contributed by atoms with Crippen LogP contribution in [-0.4, -0.2) is 63.1 Å². The minimum Gasteiger partial charge on any atom is -0.479 e. The van der Waals surface area contributed by atoms with Gasteiger partial charge in [0.2, 0.25) is 0 Å². The molecule has 0 amide bonds. The number of carboxylic acids is 1. The highest BCUT2D eigenvalue weighted by molar-refractivity contribution is 5.89. The predicted octanol–water partition coefficient (Wildman–Crippen LogP) is -1.13. The van der Waals surface area contributed by atoms with Crippen LogP contribution in [0.25, 0.3) is 0 Å². The van der Waals surface area contributed by atoms with E-state index in [0.717, 1.165) is 12.1 Å². The first-order valence-electron chi connectivity index (χ1n) is 6.20. The minimum atomic E-state index is -1.96. The Morgan fingerprint density at radius 2 is 1.86 bits per heavy atom. The molecule has 1 aromatic carbocycles. The number of carboxylic acid groups (broad SMARTS) is 1. The van der Waals surface area contributed by atoms with Crippen molar-refractivity contribution in [2.45, 2.75) is 30.7 Å². The smallest absolute Gasteiger partial charge is 0.338 e. The Morgan fingerprint density at radius 1 is 1.18 bits per heavy atom. The van der Waals surface area contributed by atoms with Gasteiger partial charge in [-0.2, -0.15) is 0 Å². The van der Waals surface area contributed by atoms with Gasteiger partial charge >= 0.3 is 11.9 Å². The maximum Gasteiger partial charge on any atom is 0.338 e. The molecule has 0 aliphatic carbocycles. The van der Waals surface area contributed by atoms with Gasteiger partial charge in [0.05, 0.1) is 5.56 Å². The molecule has 0 unspecified atom stereocenters. The summed E-state index contributed by atoms with van der Waals surface area (Å²) in [5, 5.41) is 37.8. The zero-order valence-corrected chi connectivity index (χ0v) is 11.0. The molecule has 1 heterocycles. The van der Waals surface area contributed by atoms with Crippen LogP contribution < -0.4 is 0 Å². The molecule has 0 spiro atoms. The summed E-state index contributed by atoms with van der Waals surface area (Å²) in [5.41, 5.74) is -0.186. The fourth-order valence-corrected chi connectivity index (χ4v) is 1.99. The van der Waals surface area contributed by atoms with Crippen molar-refractivity contribution in [3.63, 3.8) is 0 Å². The molecule has 9 heteroatoms. The van der Waals surface area contributed by atoms with Gasteiger partial charge in [0.25, 0.3) is 0 Å². The van der Waals surface area contributed by atoms with Gasteiger partial charge in [-0.3, -0.25) is 0 Å². The van der Waals surface area contributed by atoms with Gasteiger partial charge in [0, 0.05) is 0 Å². The molecule has 2 rings (SSSR count). The van der Waals surface area contributed by atoms with Gasteiger partial charge in [-0.15, -0.1) is 0 Å². The number of esters is 1. The number of aliphatic hydroxyl groups excluding tert-OH is 3. The van der Waals surface area contributed by atoms with Crippen LogP contribution in [0.3, 0.4) is 0 Å². The average Bonchev–Trinajstić information content (AvgIpc) is 2.46. The van der Waals surface area contributed by atoms with E-state index in [1.165, 1.54) is 12.1 Å². The topological polar surface area (TPSA) is 134 Å². The monoisotopic (exact) mass is 316 g/mol. The normalized spacial score (nSPS) is 31.5. The summed E-state index contributed by atoms with van der Waals surface area (Å²) in [4.78, 5) is 22.6. The second kappa shape index (κ2) is 6.36. The first-order valence-corrected chi connectivity index (χ1v) is 6.20. The number of aliphatic hydroxyl groups is 3. The van der Waals surface area contributed by atoms with Crippen LogP contribution >= 0.6 is 0 Å². The molecule has 1 aliphatic heterocycles. The molecule has 5 atom stereocenters. The number of hydrogen-bond acceptors (Lipinski definition) is 7. The molecule has 1 fully saturated rings. The number of ether oxygens (including phenoxy) is 2. The van der Waals surface area contributed by atoms with Crippen molar-refractivity contribution in [3.8, 4) is 0 Å². The van der Waals surface area contributed by atoms with Crippen LogP contribution in [0.5, 0.6) is 0 Å². The van der Waals surface area contributed by atoms with Gasteiger partial charge in [-0.1, -0.05) is 6.07 Å². The minimum absolute atomic E-state index is 0.186. The molecule has 0 bridgehead atoms. The molecule has 22 heavy (non-hydrogen) atoms. The highest BCUT2D eigenvalue weighted by Crippen LogP contribution is 2.23. The Morgan fingerprint density at radius 3 is 2.45 bits per heavy atom. The number of hydrogen-bond donors (Lipinski definition) is 4. The molecule has 8 nitrogen and oxygen atoms in total. The Bertz CT molecular complexity index is 577. The lowest BCUT2D eigenvalue weighted by atomic mass is 9.99. The summed E-state index contributed by atoms with van der Waals surface area (Å²) in [6, 6.07) is 4.47. The quantitative estimate of drug-likeness (QED) is 0.515. The van der Waals surface area contributed by atoms with Gasteiger partial charge in [-0.25, -0.2) is 14.0 Å². The summed E-state index contributed by atoms with van der Waals surface area (Å²) in [7, 11) is 0. The van der Waals surface area contributed by atoms with Gasteiger partial charge < -0.3 is 29.9 Å². The van der Waals surface area contributed by atoms with Crippen molar-refractivity contribution in [2.24, 2.45) is 0 Å². The van der Waals surface area contributed by atoms with Crippen molar-refractivity contribution < 1.29 is 43.9 Å². The zero-order valence-electron chi connectivity index (χ0n) is 11.0. The van der Waals surface area contributed by atoms with Crippen molar-refractivity contribution in [1.82, 2.24) is 0 Å². The zero-order chi connectivity index (χ0) is 16.4. The van der Waals surface area contributed by atoms with E-state index in [2.05, 4.69) is 4.74 Å². The number of carbonyl (C=O) groups excluding carboxylic acids is 1. The van der Waals surface area contributed by atoms with Crippen LogP contribution in [0, 0.1) is 5.82 Å². The second-order valence-electron chi connectivity index (χ2n) is 4.65. The van der Waals surface area contributed by atoms with E-state index >= 15 is 0 Å². The Labute approximate surface area is 123 Å². The molecular formula is C13H13FO8. The Balaban J connectivity index is 2.12. The van der Waals surface area contributed by atoms with Crippen LogP contribution in [0.2, 0.25) is 0 Å². The molecule has 0 radical (unpaired) electrons. The van der Waals surface area contributed by atoms with Crippen molar-refractivity contribution >= 4 is 11.9 Å². The Kier molecular flexibility index (Phi) is 4.71. The number of carbonyl (C=O) groups is 2. The molecule has 0 saturated carbocycles. The van der Waals surface area contributed by atoms with E-state index in [0.29, 0.717) is 0 Å². The third kappa shape index (κ3) is 3.22. The highest BCUT2D eigenvalue weighted by Gasteiger charge is 2.49. The van der Waals surface area contributed by atoms with Crippen molar-refractivity contribution in [1.29, 1.82) is 0 Å². The van der Waals surface area contributed by atoms with Crippen LogP contribution in [0.4, 0.5) is 4.39 Å². The lowest BCUT2D eigenvalue weighted by molar-refractivity contribution is -0.279. The van der Waals surface area contributed by atoms with Crippen LogP contribution in [0.15, 0.2) is 24.3 Å². The summed E-state index contributed by atoms with van der Waals surface area (Å²) >= 11 is 0. The first-order chi connectivity index (χ1) is 10.3. The van der Waals surface area contributed by atoms with E-state index in [1.807, 2.05) is 0 Å². The first kappa shape index (κ1) is 16.3. The maximum atomic E-state index is 13.0. The molecule has 4 N–H and O–H groups in total. The van der Waals surface area contributed by atoms with Gasteiger partial charge in [-0.05, 0) is 18.2 Å². The van der Waals surface area contributed by atoms with Crippen molar-refractivity contribution in [2.75, 3.05) is 0 Å². The number of halogens is 1. The van der Waals surface area contributed by atoms with Crippen molar-refractivity contribution in [3.05, 3.63) is 35.6 Å². The van der Waals surface area contributed by atoms with E-state index in [1.54, 1.807) is 0 Å². The molecular weight excluding hydrogens is 303 g/mol. The van der Waals surface area contributed by atoms with E-state index in [9.17, 15) is 29.3 Å². The summed E-state index contributed by atoms with van der Waals surface area (Å²) in [6.45, 7) is 0. The molecule has 1 aliphatic rings. The predicted molar refractivity (Wildman–Crippen MR) is 66.1 cm³/mol. The summed E-state index contributed by atoms with van der Waals surface area (Å²) in [6.07, 6.45) is -9.35. The third-order valence-electron chi connectivity index (χ3n) is 3.11. The van der Waals surface area contributed by atoms with Gasteiger partial charge in [0.15, 0.2) is 18.5 Å². The van der Waals surface area contributed by atoms with Crippen LogP contribution in [0.1, 0.15) is 10.4 Å². The van der Waals surface area contributed by atoms with Gasteiger partial charge in [0.1, 0.15) is 18.0 Å². The average molecular weight is 316 g/mol. The lowest BCUT2D eigenvalue weighted by Crippen LogP contribution is -2.60. The lowest BCUT2D eigenvalue weighted by Gasteiger charge is -2.38. The molecule has 1 aromatic rings. The number of rotatable bonds is 3. The number of aliphatic carboxylic acids is 1. The van der Waals surface area contributed by atoms with E-state index < -0.39 is 48.5 Å². The second-order valence-corrected chi connectivity index (χ2v) is 4.65. The van der Waals surface area contributed by atoms with Crippen LogP contribution in [-0.2, 0) is 14.3 Å². The number of benzene rings is 1. The highest BCUT2D eigenvalue weighted by atomic mass is 19.1. The fourth-order valence-electron chi connectivity index (χ4n) is 1.99. The summed E-state index contributed by atoms with van der Waals surface area (Å²) in [5.74, 6) is -3.37. The standard InChI is InChI=1S/C13H13FO8/c14-6-3-1-2-5(4-6)12(19)22-10-8(16)7(15)9(11(17)18)21-13(10)20/h1-4,7-10,13,15-16,20H,(H,17,18)/t7-,8-,9-,10+,13+/m0/s1. The molecule has 120 valence electrons. The largest absolute Gasteiger partial charge is 0.479 e. The fraction of sp³-hybridized carbons (Fsp3) is 0.385. The van der Waals surface area contributed by atoms with E-state index in [-0.39, 0.29) is 5.56 Å². The van der Waals surface area contributed by atoms with E-state index in [4.69, 9.17) is 9.84 Å². The molecule has 0 aromatic heterocycles. The molecule has 1 saturated heterocycles. The third-order valence-corrected chi connectivity index (χ3v) is 3.11. The Hall–Kier alpha value is -2.07.